The molecule has 1 aliphatic rings. The van der Waals surface area contributed by atoms with Gasteiger partial charge in [0.05, 0.1) is 6.04 Å². The van der Waals surface area contributed by atoms with Gasteiger partial charge in [0, 0.05) is 6.04 Å². The smallest absolute Gasteiger partial charge is 0.0660 e. The van der Waals surface area contributed by atoms with Crippen LogP contribution in [0.4, 0.5) is 0 Å². The molecule has 1 rings (SSSR count). The van der Waals surface area contributed by atoms with E-state index >= 15 is 0 Å². The average molecular weight is 165 g/mol. The van der Waals surface area contributed by atoms with Crippen molar-refractivity contribution in [2.24, 2.45) is 5.92 Å². The molecule has 2 unspecified atom stereocenters. The normalized spacial score (nSPS) is 22.4. The van der Waals surface area contributed by atoms with Gasteiger partial charge in [0.25, 0.3) is 0 Å². The molecule has 2 atom stereocenters. The lowest BCUT2D eigenvalue weighted by molar-refractivity contribution is 0.264. The number of hydrogen-bond donors (Lipinski definition) is 1. The standard InChI is InChI=1S/C11H19N/c1-4-9(2)12-10(3)8-11-6-5-7-11/h1,9-12H,5-8H2,2-3H3. The average Bonchev–Trinajstić information content (AvgIpc) is 1.97. The van der Waals surface area contributed by atoms with Gasteiger partial charge in [-0.15, -0.1) is 6.42 Å². The van der Waals surface area contributed by atoms with E-state index in [0.29, 0.717) is 6.04 Å². The van der Waals surface area contributed by atoms with E-state index in [1.54, 1.807) is 0 Å². The van der Waals surface area contributed by atoms with E-state index < -0.39 is 0 Å². The van der Waals surface area contributed by atoms with Crippen LogP contribution in [0, 0.1) is 18.3 Å². The molecular weight excluding hydrogens is 146 g/mol. The van der Waals surface area contributed by atoms with Crippen LogP contribution in [-0.2, 0) is 0 Å². The number of hydrogen-bond acceptors (Lipinski definition) is 1. The molecule has 0 aromatic carbocycles. The Balaban J connectivity index is 2.11. The zero-order valence-corrected chi connectivity index (χ0v) is 8.14. The summed E-state index contributed by atoms with van der Waals surface area (Å²) in [5.41, 5.74) is 0. The molecular formula is C11H19N. The highest BCUT2D eigenvalue weighted by Gasteiger charge is 2.19. The number of nitrogens with one attached hydrogen (secondary N) is 1. The third-order valence-electron chi connectivity index (χ3n) is 2.70. The SMILES string of the molecule is C#CC(C)NC(C)CC1CCC1. The maximum Gasteiger partial charge on any atom is 0.0660 e. The molecule has 0 saturated heterocycles. The highest BCUT2D eigenvalue weighted by atomic mass is 14.9. The molecule has 12 heavy (non-hydrogen) atoms. The first-order chi connectivity index (χ1) is 5.72. The van der Waals surface area contributed by atoms with Crippen molar-refractivity contribution in [2.45, 2.75) is 51.6 Å². The molecule has 0 heterocycles. The summed E-state index contributed by atoms with van der Waals surface area (Å²) in [5.74, 6) is 3.66. The Labute approximate surface area is 75.9 Å². The lowest BCUT2D eigenvalue weighted by Gasteiger charge is -2.29. The van der Waals surface area contributed by atoms with Crippen molar-refractivity contribution in [1.29, 1.82) is 0 Å². The third-order valence-corrected chi connectivity index (χ3v) is 2.70. The second kappa shape index (κ2) is 4.52. The molecule has 1 saturated carbocycles. The molecule has 0 amide bonds. The topological polar surface area (TPSA) is 12.0 Å². The Bertz CT molecular complexity index is 164. The lowest BCUT2D eigenvalue weighted by Crippen LogP contribution is -2.35. The Morgan fingerprint density at radius 3 is 2.58 bits per heavy atom. The van der Waals surface area contributed by atoms with Crippen molar-refractivity contribution < 1.29 is 0 Å². The van der Waals surface area contributed by atoms with E-state index in [1.165, 1.54) is 25.7 Å². The predicted octanol–water partition coefficient (Wildman–Crippen LogP) is 2.18. The van der Waals surface area contributed by atoms with Gasteiger partial charge in [-0.1, -0.05) is 25.2 Å². The van der Waals surface area contributed by atoms with Gasteiger partial charge in [-0.2, -0.15) is 0 Å². The fourth-order valence-electron chi connectivity index (χ4n) is 1.77. The van der Waals surface area contributed by atoms with Crippen LogP contribution in [0.2, 0.25) is 0 Å². The van der Waals surface area contributed by atoms with Crippen molar-refractivity contribution in [1.82, 2.24) is 5.32 Å². The zero-order chi connectivity index (χ0) is 8.97. The summed E-state index contributed by atoms with van der Waals surface area (Å²) in [6.45, 7) is 4.27. The van der Waals surface area contributed by atoms with Gasteiger partial charge in [0.15, 0.2) is 0 Å². The molecule has 1 fully saturated rings. The second-order valence-electron chi connectivity index (χ2n) is 3.99. The van der Waals surface area contributed by atoms with E-state index in [2.05, 4.69) is 18.2 Å². The van der Waals surface area contributed by atoms with Crippen molar-refractivity contribution >= 4 is 0 Å². The third kappa shape index (κ3) is 2.87. The molecule has 0 aromatic heterocycles. The zero-order valence-electron chi connectivity index (χ0n) is 8.14. The van der Waals surface area contributed by atoms with Gasteiger partial charge in [-0.3, -0.25) is 0 Å². The van der Waals surface area contributed by atoms with E-state index in [-0.39, 0.29) is 6.04 Å². The van der Waals surface area contributed by atoms with Crippen molar-refractivity contribution in [2.75, 3.05) is 0 Å². The van der Waals surface area contributed by atoms with E-state index in [0.717, 1.165) is 5.92 Å². The minimum atomic E-state index is 0.222. The van der Waals surface area contributed by atoms with Crippen LogP contribution in [0.25, 0.3) is 0 Å². The molecule has 0 aromatic rings. The highest BCUT2D eigenvalue weighted by molar-refractivity contribution is 4.96. The fourth-order valence-corrected chi connectivity index (χ4v) is 1.77. The first-order valence-electron chi connectivity index (χ1n) is 4.94. The van der Waals surface area contributed by atoms with Gasteiger partial charge >= 0.3 is 0 Å². The molecule has 1 aliphatic carbocycles. The van der Waals surface area contributed by atoms with E-state index in [1.807, 2.05) is 6.92 Å². The minimum absolute atomic E-state index is 0.222. The van der Waals surface area contributed by atoms with Crippen LogP contribution >= 0.6 is 0 Å². The Morgan fingerprint density at radius 2 is 2.17 bits per heavy atom. The van der Waals surface area contributed by atoms with Gasteiger partial charge in [0.2, 0.25) is 0 Å². The van der Waals surface area contributed by atoms with Crippen LogP contribution in [-0.4, -0.2) is 12.1 Å². The number of terminal acetylenes is 1. The minimum Gasteiger partial charge on any atom is -0.301 e. The molecule has 0 radical (unpaired) electrons. The summed E-state index contributed by atoms with van der Waals surface area (Å²) in [4.78, 5) is 0. The first-order valence-corrected chi connectivity index (χ1v) is 4.94. The molecule has 1 N–H and O–H groups in total. The maximum absolute atomic E-state index is 5.29. The molecule has 1 heteroatoms. The molecule has 68 valence electrons. The summed E-state index contributed by atoms with van der Waals surface area (Å²) in [6.07, 6.45) is 10.9. The number of rotatable bonds is 4. The van der Waals surface area contributed by atoms with Gasteiger partial charge < -0.3 is 5.32 Å². The Hall–Kier alpha value is -0.480. The van der Waals surface area contributed by atoms with Gasteiger partial charge in [0.1, 0.15) is 0 Å². The molecule has 1 nitrogen and oxygen atoms in total. The van der Waals surface area contributed by atoms with Crippen LogP contribution in [0.1, 0.15) is 39.5 Å². The van der Waals surface area contributed by atoms with Crippen molar-refractivity contribution in [3.8, 4) is 12.3 Å². The van der Waals surface area contributed by atoms with E-state index in [9.17, 15) is 0 Å². The Morgan fingerprint density at radius 1 is 1.50 bits per heavy atom. The van der Waals surface area contributed by atoms with Crippen LogP contribution in [0.5, 0.6) is 0 Å². The molecule has 0 spiro atoms. The summed E-state index contributed by atoms with van der Waals surface area (Å²) < 4.78 is 0. The quantitative estimate of drug-likeness (QED) is 0.630. The highest BCUT2D eigenvalue weighted by Crippen LogP contribution is 2.30. The largest absolute Gasteiger partial charge is 0.301 e. The summed E-state index contributed by atoms with van der Waals surface area (Å²) >= 11 is 0. The predicted molar refractivity (Wildman–Crippen MR) is 52.9 cm³/mol. The van der Waals surface area contributed by atoms with Crippen LogP contribution < -0.4 is 5.32 Å². The second-order valence-corrected chi connectivity index (χ2v) is 3.99. The molecule has 0 bridgehead atoms. The monoisotopic (exact) mass is 165 g/mol. The molecule has 0 aliphatic heterocycles. The summed E-state index contributed by atoms with van der Waals surface area (Å²) in [7, 11) is 0. The van der Waals surface area contributed by atoms with Crippen LogP contribution in [0.3, 0.4) is 0 Å². The van der Waals surface area contributed by atoms with Crippen molar-refractivity contribution in [3.63, 3.8) is 0 Å². The summed E-state index contributed by atoms with van der Waals surface area (Å²) in [5, 5.41) is 3.39. The van der Waals surface area contributed by atoms with Gasteiger partial charge in [-0.05, 0) is 26.2 Å². The summed E-state index contributed by atoms with van der Waals surface area (Å²) in [6, 6.07) is 0.807. The lowest BCUT2D eigenvalue weighted by atomic mass is 9.81. The maximum atomic E-state index is 5.29. The fraction of sp³-hybridized carbons (Fsp3) is 0.818. The van der Waals surface area contributed by atoms with Crippen molar-refractivity contribution in [3.05, 3.63) is 0 Å². The Kier molecular flexibility index (Phi) is 3.62. The van der Waals surface area contributed by atoms with Gasteiger partial charge in [-0.25, -0.2) is 0 Å². The first kappa shape index (κ1) is 9.61. The van der Waals surface area contributed by atoms with E-state index in [4.69, 9.17) is 6.42 Å². The van der Waals surface area contributed by atoms with Crippen LogP contribution in [0.15, 0.2) is 0 Å².